The highest BCUT2D eigenvalue weighted by atomic mass is 19.1. The summed E-state index contributed by atoms with van der Waals surface area (Å²) in [6.07, 6.45) is 3.21. The van der Waals surface area contributed by atoms with Crippen molar-refractivity contribution >= 4 is 34.4 Å². The van der Waals surface area contributed by atoms with Crippen molar-refractivity contribution < 1.29 is 13.6 Å². The zero-order chi connectivity index (χ0) is 22.7. The Balaban J connectivity index is 1.32. The van der Waals surface area contributed by atoms with Gasteiger partial charge in [0.05, 0.1) is 11.2 Å². The molecule has 0 radical (unpaired) electrons. The highest BCUT2D eigenvalue weighted by molar-refractivity contribution is 5.90. The molecule has 1 aliphatic rings. The summed E-state index contributed by atoms with van der Waals surface area (Å²) in [6.45, 7) is 0. The number of nitrogens with one attached hydrogen (secondary N) is 3. The van der Waals surface area contributed by atoms with Crippen molar-refractivity contribution in [1.82, 2.24) is 15.3 Å². The molecular weight excluding hydrogens is 414 g/mol. The van der Waals surface area contributed by atoms with E-state index in [1.807, 2.05) is 43.3 Å². The van der Waals surface area contributed by atoms with Gasteiger partial charge in [-0.25, -0.2) is 18.6 Å². The van der Waals surface area contributed by atoms with Crippen LogP contribution in [0.5, 0.6) is 0 Å². The van der Waals surface area contributed by atoms with Crippen LogP contribution in [0.3, 0.4) is 0 Å². The molecule has 3 aromatic rings. The molecule has 168 valence electrons. The minimum atomic E-state index is -0.805. The van der Waals surface area contributed by atoms with E-state index < -0.39 is 17.7 Å². The number of fused-ring (bicyclic) bond motifs is 1. The summed E-state index contributed by atoms with van der Waals surface area (Å²) in [7, 11) is 3.91. The standard InChI is InChI=1S/C23H26F2N6O/c1-31(2)21-17-5-3-4-6-19(17)28-22(30-21)26-15-8-10-16(11-9-15)27-23(32)29-20-12-7-14(24)13-18(20)25/h3-7,12-13,15-16H,8-11H2,1-2H3,(H,26,28,30)(H2,27,29,32). The molecule has 0 saturated heterocycles. The molecule has 32 heavy (non-hydrogen) atoms. The van der Waals surface area contributed by atoms with Crippen molar-refractivity contribution in [3.63, 3.8) is 0 Å². The number of benzene rings is 2. The maximum atomic E-state index is 13.7. The van der Waals surface area contributed by atoms with Crippen LogP contribution in [0.1, 0.15) is 25.7 Å². The number of amides is 2. The first-order valence-corrected chi connectivity index (χ1v) is 10.6. The van der Waals surface area contributed by atoms with Gasteiger partial charge in [0.25, 0.3) is 0 Å². The molecule has 0 atom stereocenters. The molecule has 1 fully saturated rings. The van der Waals surface area contributed by atoms with E-state index in [0.717, 1.165) is 54.5 Å². The summed E-state index contributed by atoms with van der Waals surface area (Å²) in [5.74, 6) is -0.0422. The molecule has 1 heterocycles. The van der Waals surface area contributed by atoms with Crippen LogP contribution in [-0.4, -0.2) is 42.2 Å². The molecule has 2 aromatic carbocycles. The Morgan fingerprint density at radius 3 is 2.44 bits per heavy atom. The van der Waals surface area contributed by atoms with Gasteiger partial charge in [0.2, 0.25) is 5.95 Å². The number of aromatic nitrogens is 2. The largest absolute Gasteiger partial charge is 0.362 e. The number of urea groups is 1. The minimum absolute atomic E-state index is 0.0218. The van der Waals surface area contributed by atoms with Gasteiger partial charge >= 0.3 is 6.03 Å². The molecular formula is C23H26F2N6O. The fourth-order valence-corrected chi connectivity index (χ4v) is 3.96. The number of halogens is 2. The van der Waals surface area contributed by atoms with E-state index in [1.54, 1.807) is 0 Å². The molecule has 7 nitrogen and oxygen atoms in total. The lowest BCUT2D eigenvalue weighted by molar-refractivity contribution is 0.243. The van der Waals surface area contributed by atoms with Crippen LogP contribution in [0, 0.1) is 11.6 Å². The predicted octanol–water partition coefficient (Wildman–Crippen LogP) is 4.52. The number of carbonyl (C=O) groups excluding carboxylic acids is 1. The number of hydrogen-bond acceptors (Lipinski definition) is 5. The third-order valence-electron chi connectivity index (χ3n) is 5.58. The van der Waals surface area contributed by atoms with E-state index in [4.69, 9.17) is 0 Å². The van der Waals surface area contributed by atoms with Gasteiger partial charge in [0.15, 0.2) is 0 Å². The van der Waals surface area contributed by atoms with Crippen LogP contribution in [0.2, 0.25) is 0 Å². The second-order valence-corrected chi connectivity index (χ2v) is 8.20. The summed E-state index contributed by atoms with van der Waals surface area (Å²) in [5, 5.41) is 9.74. The summed E-state index contributed by atoms with van der Waals surface area (Å²) in [5.41, 5.74) is 0.832. The molecule has 3 N–H and O–H groups in total. The van der Waals surface area contributed by atoms with E-state index >= 15 is 0 Å². The van der Waals surface area contributed by atoms with Gasteiger partial charge in [0, 0.05) is 37.6 Å². The topological polar surface area (TPSA) is 82.2 Å². The Labute approximate surface area is 185 Å². The number of anilines is 3. The van der Waals surface area contributed by atoms with Crippen LogP contribution in [-0.2, 0) is 0 Å². The van der Waals surface area contributed by atoms with Crippen molar-refractivity contribution in [3.05, 3.63) is 54.1 Å². The smallest absolute Gasteiger partial charge is 0.319 e. The molecule has 2 amide bonds. The van der Waals surface area contributed by atoms with Gasteiger partial charge in [-0.2, -0.15) is 4.98 Å². The quantitative estimate of drug-likeness (QED) is 0.544. The highest BCUT2D eigenvalue weighted by Crippen LogP contribution is 2.26. The number of hydrogen-bond donors (Lipinski definition) is 3. The van der Waals surface area contributed by atoms with Crippen LogP contribution < -0.4 is 20.9 Å². The van der Waals surface area contributed by atoms with Gasteiger partial charge in [-0.05, 0) is 49.9 Å². The van der Waals surface area contributed by atoms with E-state index in [0.29, 0.717) is 5.95 Å². The van der Waals surface area contributed by atoms with E-state index in [-0.39, 0.29) is 17.8 Å². The molecule has 4 rings (SSSR count). The Morgan fingerprint density at radius 2 is 1.72 bits per heavy atom. The Morgan fingerprint density at radius 1 is 1.00 bits per heavy atom. The molecule has 0 bridgehead atoms. The number of rotatable bonds is 5. The summed E-state index contributed by atoms with van der Waals surface area (Å²) < 4.78 is 26.7. The minimum Gasteiger partial charge on any atom is -0.362 e. The van der Waals surface area contributed by atoms with Crippen molar-refractivity contribution in [2.45, 2.75) is 37.8 Å². The summed E-state index contributed by atoms with van der Waals surface area (Å²) >= 11 is 0. The number of nitrogens with zero attached hydrogens (tertiary/aromatic N) is 3. The Hall–Kier alpha value is -3.49. The normalized spacial score (nSPS) is 18.2. The first kappa shape index (κ1) is 21.7. The first-order chi connectivity index (χ1) is 15.4. The van der Waals surface area contributed by atoms with Gasteiger partial charge in [0.1, 0.15) is 17.5 Å². The van der Waals surface area contributed by atoms with E-state index in [9.17, 15) is 13.6 Å². The average Bonchev–Trinajstić information content (AvgIpc) is 2.76. The van der Waals surface area contributed by atoms with Crippen molar-refractivity contribution in [1.29, 1.82) is 0 Å². The maximum absolute atomic E-state index is 13.7. The third kappa shape index (κ3) is 5.04. The summed E-state index contributed by atoms with van der Waals surface area (Å²) in [4.78, 5) is 23.5. The molecule has 1 aliphatic carbocycles. The zero-order valence-corrected chi connectivity index (χ0v) is 18.0. The molecule has 9 heteroatoms. The fraction of sp³-hybridized carbons (Fsp3) is 0.348. The van der Waals surface area contributed by atoms with Gasteiger partial charge < -0.3 is 20.9 Å². The lowest BCUT2D eigenvalue weighted by Gasteiger charge is -2.30. The Kier molecular flexibility index (Phi) is 6.34. The first-order valence-electron chi connectivity index (χ1n) is 10.6. The monoisotopic (exact) mass is 440 g/mol. The molecule has 0 aliphatic heterocycles. The number of para-hydroxylation sites is 1. The van der Waals surface area contributed by atoms with E-state index in [2.05, 4.69) is 25.9 Å². The summed E-state index contributed by atoms with van der Waals surface area (Å²) in [6, 6.07) is 10.6. The van der Waals surface area contributed by atoms with Crippen LogP contribution >= 0.6 is 0 Å². The average molecular weight is 440 g/mol. The van der Waals surface area contributed by atoms with Crippen LogP contribution in [0.25, 0.3) is 10.9 Å². The van der Waals surface area contributed by atoms with Gasteiger partial charge in [-0.1, -0.05) is 12.1 Å². The SMILES string of the molecule is CN(C)c1nc(NC2CCC(NC(=O)Nc3ccc(F)cc3F)CC2)nc2ccccc12. The highest BCUT2D eigenvalue weighted by Gasteiger charge is 2.23. The van der Waals surface area contributed by atoms with Crippen molar-refractivity contribution in [3.8, 4) is 0 Å². The lowest BCUT2D eigenvalue weighted by atomic mass is 9.91. The lowest BCUT2D eigenvalue weighted by Crippen LogP contribution is -2.42. The van der Waals surface area contributed by atoms with E-state index in [1.165, 1.54) is 6.07 Å². The zero-order valence-electron chi connectivity index (χ0n) is 18.0. The maximum Gasteiger partial charge on any atom is 0.319 e. The van der Waals surface area contributed by atoms with Gasteiger partial charge in [-0.3, -0.25) is 0 Å². The van der Waals surface area contributed by atoms with Gasteiger partial charge in [-0.15, -0.1) is 0 Å². The predicted molar refractivity (Wildman–Crippen MR) is 122 cm³/mol. The van der Waals surface area contributed by atoms with Crippen LogP contribution in [0.15, 0.2) is 42.5 Å². The van der Waals surface area contributed by atoms with Crippen molar-refractivity contribution in [2.24, 2.45) is 0 Å². The molecule has 1 saturated carbocycles. The van der Waals surface area contributed by atoms with Crippen molar-refractivity contribution in [2.75, 3.05) is 29.6 Å². The molecule has 1 aromatic heterocycles. The second-order valence-electron chi connectivity index (χ2n) is 8.20. The Bertz CT molecular complexity index is 1110. The second kappa shape index (κ2) is 9.33. The number of carbonyl (C=O) groups is 1. The molecule has 0 unspecified atom stereocenters. The third-order valence-corrected chi connectivity index (χ3v) is 5.58. The van der Waals surface area contributed by atoms with Crippen LogP contribution in [0.4, 0.5) is 31.0 Å². The molecule has 0 spiro atoms. The fourth-order valence-electron chi connectivity index (χ4n) is 3.96.